The fraction of sp³-hybridized carbons (Fsp3) is 0.400. The minimum absolute atomic E-state index is 0.0732. The molecule has 0 fully saturated rings. The number of amides is 1. The Morgan fingerprint density at radius 3 is 2.41 bits per heavy atom. The summed E-state index contributed by atoms with van der Waals surface area (Å²) >= 11 is 1.37. The van der Waals surface area contributed by atoms with Crippen LogP contribution >= 0.6 is 11.3 Å². The molecule has 1 amide bonds. The van der Waals surface area contributed by atoms with Crippen LogP contribution in [0.4, 0.5) is 5.13 Å². The molecule has 0 bridgehead atoms. The number of aryl methyl sites for hydroxylation is 1. The highest BCUT2D eigenvalue weighted by atomic mass is 32.1. The quantitative estimate of drug-likeness (QED) is 0.809. The van der Waals surface area contributed by atoms with Crippen molar-refractivity contribution in [3.8, 4) is 11.5 Å². The molecule has 0 atom stereocenters. The Morgan fingerprint density at radius 1 is 1.14 bits per heavy atom. The average Bonchev–Trinajstić information content (AvgIpc) is 2.99. The SMILES string of the molecule is CCCOc1ccc(OCC(=O)Nc2nnc(CC)s2)cc1. The summed E-state index contributed by atoms with van der Waals surface area (Å²) < 4.78 is 10.9. The zero-order chi connectivity index (χ0) is 15.8. The summed E-state index contributed by atoms with van der Waals surface area (Å²) in [5, 5.41) is 11.9. The van der Waals surface area contributed by atoms with E-state index in [1.807, 2.05) is 19.1 Å². The van der Waals surface area contributed by atoms with E-state index in [4.69, 9.17) is 9.47 Å². The number of carbonyl (C=O) groups excluding carboxylic acids is 1. The number of ether oxygens (including phenoxy) is 2. The number of hydrogen-bond acceptors (Lipinski definition) is 6. The molecular weight excluding hydrogens is 302 g/mol. The van der Waals surface area contributed by atoms with Gasteiger partial charge in [0.1, 0.15) is 16.5 Å². The van der Waals surface area contributed by atoms with Crippen molar-refractivity contribution in [2.45, 2.75) is 26.7 Å². The van der Waals surface area contributed by atoms with Gasteiger partial charge in [0.05, 0.1) is 6.61 Å². The third-order valence-corrected chi connectivity index (χ3v) is 3.67. The van der Waals surface area contributed by atoms with Crippen LogP contribution in [-0.4, -0.2) is 29.3 Å². The van der Waals surface area contributed by atoms with Gasteiger partial charge in [-0.3, -0.25) is 10.1 Å². The van der Waals surface area contributed by atoms with Gasteiger partial charge in [-0.15, -0.1) is 10.2 Å². The van der Waals surface area contributed by atoms with E-state index in [1.54, 1.807) is 12.1 Å². The highest BCUT2D eigenvalue weighted by molar-refractivity contribution is 7.15. The van der Waals surface area contributed by atoms with Crippen molar-refractivity contribution in [2.75, 3.05) is 18.5 Å². The summed E-state index contributed by atoms with van der Waals surface area (Å²) in [4.78, 5) is 11.8. The van der Waals surface area contributed by atoms with Gasteiger partial charge in [0, 0.05) is 0 Å². The Bertz CT molecular complexity index is 598. The second-order valence-electron chi connectivity index (χ2n) is 4.51. The van der Waals surface area contributed by atoms with Crippen molar-refractivity contribution in [3.63, 3.8) is 0 Å². The summed E-state index contributed by atoms with van der Waals surface area (Å²) in [6.07, 6.45) is 1.76. The summed E-state index contributed by atoms with van der Waals surface area (Å²) in [5.41, 5.74) is 0. The zero-order valence-electron chi connectivity index (χ0n) is 12.7. The maximum atomic E-state index is 11.8. The molecule has 1 aromatic carbocycles. The Labute approximate surface area is 133 Å². The molecular formula is C15H19N3O3S. The van der Waals surface area contributed by atoms with Crippen molar-refractivity contribution in [1.82, 2.24) is 10.2 Å². The summed E-state index contributed by atoms with van der Waals surface area (Å²) in [7, 11) is 0. The smallest absolute Gasteiger partial charge is 0.264 e. The molecule has 118 valence electrons. The third-order valence-electron chi connectivity index (χ3n) is 2.68. The normalized spacial score (nSPS) is 10.3. The van der Waals surface area contributed by atoms with Gasteiger partial charge in [-0.25, -0.2) is 0 Å². The lowest BCUT2D eigenvalue weighted by Gasteiger charge is -2.07. The van der Waals surface area contributed by atoms with E-state index in [0.717, 1.165) is 23.6 Å². The van der Waals surface area contributed by atoms with E-state index in [2.05, 4.69) is 22.4 Å². The standard InChI is InChI=1S/C15H19N3O3S/c1-3-9-20-11-5-7-12(8-6-11)21-10-13(19)16-15-18-17-14(4-2)22-15/h5-8H,3-4,9-10H2,1-2H3,(H,16,18,19). The molecule has 0 aliphatic rings. The molecule has 0 aliphatic heterocycles. The second-order valence-corrected chi connectivity index (χ2v) is 5.57. The Kier molecular flexibility index (Phi) is 6.14. The lowest BCUT2D eigenvalue weighted by Crippen LogP contribution is -2.20. The molecule has 2 rings (SSSR count). The fourth-order valence-electron chi connectivity index (χ4n) is 1.60. The number of carbonyl (C=O) groups is 1. The van der Waals surface area contributed by atoms with E-state index in [-0.39, 0.29) is 12.5 Å². The molecule has 6 nitrogen and oxygen atoms in total. The monoisotopic (exact) mass is 321 g/mol. The van der Waals surface area contributed by atoms with Crippen LogP contribution < -0.4 is 14.8 Å². The first-order valence-electron chi connectivity index (χ1n) is 7.19. The summed E-state index contributed by atoms with van der Waals surface area (Å²) in [5.74, 6) is 1.15. The third kappa shape index (κ3) is 5.00. The van der Waals surface area contributed by atoms with Crippen molar-refractivity contribution < 1.29 is 14.3 Å². The van der Waals surface area contributed by atoms with E-state index in [1.165, 1.54) is 11.3 Å². The highest BCUT2D eigenvalue weighted by Crippen LogP contribution is 2.18. The fourth-order valence-corrected chi connectivity index (χ4v) is 2.30. The predicted molar refractivity (Wildman–Crippen MR) is 85.6 cm³/mol. The van der Waals surface area contributed by atoms with Gasteiger partial charge in [-0.1, -0.05) is 25.2 Å². The first-order chi connectivity index (χ1) is 10.7. The van der Waals surface area contributed by atoms with Crippen LogP contribution in [0.2, 0.25) is 0 Å². The van der Waals surface area contributed by atoms with Gasteiger partial charge in [0.15, 0.2) is 6.61 Å². The van der Waals surface area contributed by atoms with E-state index in [9.17, 15) is 4.79 Å². The zero-order valence-corrected chi connectivity index (χ0v) is 13.5. The van der Waals surface area contributed by atoms with Crippen LogP contribution in [0.25, 0.3) is 0 Å². The molecule has 1 heterocycles. The maximum Gasteiger partial charge on any atom is 0.264 e. The first-order valence-corrected chi connectivity index (χ1v) is 8.00. The Morgan fingerprint density at radius 2 is 1.82 bits per heavy atom. The minimum atomic E-state index is -0.259. The Hall–Kier alpha value is -2.15. The molecule has 0 unspecified atom stereocenters. The first kappa shape index (κ1) is 16.2. The molecule has 7 heteroatoms. The van der Waals surface area contributed by atoms with Gasteiger partial charge in [-0.05, 0) is 37.1 Å². The molecule has 1 aromatic heterocycles. The molecule has 2 aromatic rings. The highest BCUT2D eigenvalue weighted by Gasteiger charge is 2.08. The Balaban J connectivity index is 1.78. The summed E-state index contributed by atoms with van der Waals surface area (Å²) in [6.45, 7) is 4.65. The van der Waals surface area contributed by atoms with Crippen molar-refractivity contribution in [2.24, 2.45) is 0 Å². The molecule has 0 saturated carbocycles. The molecule has 0 aliphatic carbocycles. The molecule has 0 saturated heterocycles. The van der Waals surface area contributed by atoms with Gasteiger partial charge in [0.2, 0.25) is 5.13 Å². The van der Waals surface area contributed by atoms with Crippen LogP contribution in [0.3, 0.4) is 0 Å². The van der Waals surface area contributed by atoms with E-state index in [0.29, 0.717) is 17.5 Å². The topological polar surface area (TPSA) is 73.3 Å². The van der Waals surface area contributed by atoms with Crippen LogP contribution in [0, 0.1) is 0 Å². The molecule has 0 spiro atoms. The van der Waals surface area contributed by atoms with E-state index >= 15 is 0 Å². The predicted octanol–water partition coefficient (Wildman–Crippen LogP) is 2.91. The minimum Gasteiger partial charge on any atom is -0.494 e. The van der Waals surface area contributed by atoms with Crippen molar-refractivity contribution in [3.05, 3.63) is 29.3 Å². The lowest BCUT2D eigenvalue weighted by atomic mass is 10.3. The van der Waals surface area contributed by atoms with Crippen molar-refractivity contribution >= 4 is 22.4 Å². The van der Waals surface area contributed by atoms with Gasteiger partial charge in [-0.2, -0.15) is 0 Å². The summed E-state index contributed by atoms with van der Waals surface area (Å²) in [6, 6.07) is 7.19. The van der Waals surface area contributed by atoms with Gasteiger partial charge < -0.3 is 9.47 Å². The van der Waals surface area contributed by atoms with Gasteiger partial charge >= 0.3 is 0 Å². The van der Waals surface area contributed by atoms with Crippen molar-refractivity contribution in [1.29, 1.82) is 0 Å². The van der Waals surface area contributed by atoms with Crippen LogP contribution in [0.5, 0.6) is 11.5 Å². The number of nitrogens with zero attached hydrogens (tertiary/aromatic N) is 2. The van der Waals surface area contributed by atoms with Crippen LogP contribution in [0.1, 0.15) is 25.3 Å². The number of hydrogen-bond donors (Lipinski definition) is 1. The second kappa shape index (κ2) is 8.33. The van der Waals surface area contributed by atoms with Gasteiger partial charge in [0.25, 0.3) is 5.91 Å². The number of benzene rings is 1. The number of nitrogens with one attached hydrogen (secondary N) is 1. The largest absolute Gasteiger partial charge is 0.494 e. The van der Waals surface area contributed by atoms with E-state index < -0.39 is 0 Å². The molecule has 22 heavy (non-hydrogen) atoms. The maximum absolute atomic E-state index is 11.8. The number of rotatable bonds is 8. The van der Waals surface area contributed by atoms with Crippen LogP contribution in [0.15, 0.2) is 24.3 Å². The average molecular weight is 321 g/mol. The molecule has 0 radical (unpaired) electrons. The lowest BCUT2D eigenvalue weighted by molar-refractivity contribution is -0.118. The van der Waals surface area contributed by atoms with Crippen LogP contribution in [-0.2, 0) is 11.2 Å². The number of anilines is 1. The molecule has 1 N–H and O–H groups in total. The number of aromatic nitrogens is 2.